The number of hydrogen-bond donors (Lipinski definition) is 0. The molecule has 1 aliphatic heterocycles. The summed E-state index contributed by atoms with van der Waals surface area (Å²) in [4.78, 5) is 2.58. The van der Waals surface area contributed by atoms with Crippen molar-refractivity contribution in [3.05, 3.63) is 11.5 Å². The molecule has 2 nitrogen and oxygen atoms in total. The van der Waals surface area contributed by atoms with Gasteiger partial charge in [0.2, 0.25) is 0 Å². The van der Waals surface area contributed by atoms with Crippen LogP contribution in [0.25, 0.3) is 0 Å². The van der Waals surface area contributed by atoms with E-state index in [0.717, 1.165) is 25.9 Å². The first kappa shape index (κ1) is 13.4. The van der Waals surface area contributed by atoms with Gasteiger partial charge in [0.25, 0.3) is 0 Å². The van der Waals surface area contributed by atoms with Crippen molar-refractivity contribution in [1.82, 2.24) is 4.90 Å². The van der Waals surface area contributed by atoms with Gasteiger partial charge in [-0.05, 0) is 33.6 Å². The fourth-order valence-corrected chi connectivity index (χ4v) is 2.59. The molecule has 2 heteroatoms. The van der Waals surface area contributed by atoms with Crippen LogP contribution in [0.5, 0.6) is 0 Å². The Morgan fingerprint density at radius 2 is 1.88 bits per heavy atom. The maximum Gasteiger partial charge on any atom is 0.115 e. The van der Waals surface area contributed by atoms with Gasteiger partial charge in [0.1, 0.15) is 12.4 Å². The Kier molecular flexibility index (Phi) is 4.28. The van der Waals surface area contributed by atoms with Gasteiger partial charge >= 0.3 is 0 Å². The predicted octanol–water partition coefficient (Wildman–Crippen LogP) is 3.93. The molecule has 1 heterocycles. The van der Waals surface area contributed by atoms with Gasteiger partial charge in [-0.2, -0.15) is 0 Å². The lowest BCUT2D eigenvalue weighted by molar-refractivity contribution is 0.0183. The summed E-state index contributed by atoms with van der Waals surface area (Å²) in [5.41, 5.74) is 1.64. The summed E-state index contributed by atoms with van der Waals surface area (Å²) in [6, 6.07) is 0.486. The van der Waals surface area contributed by atoms with Gasteiger partial charge in [-0.15, -0.1) is 0 Å². The first-order valence-electron chi connectivity index (χ1n) is 6.62. The molecule has 0 unspecified atom stereocenters. The number of hydrogen-bond acceptors (Lipinski definition) is 2. The smallest absolute Gasteiger partial charge is 0.115 e. The van der Waals surface area contributed by atoms with E-state index < -0.39 is 0 Å². The van der Waals surface area contributed by atoms with Gasteiger partial charge in [-0.3, -0.25) is 0 Å². The van der Waals surface area contributed by atoms with Crippen molar-refractivity contribution < 1.29 is 4.74 Å². The second-order valence-electron chi connectivity index (χ2n) is 5.27. The van der Waals surface area contributed by atoms with Crippen LogP contribution < -0.4 is 0 Å². The highest BCUT2D eigenvalue weighted by atomic mass is 16.5. The second kappa shape index (κ2) is 5.11. The van der Waals surface area contributed by atoms with Crippen molar-refractivity contribution in [3.63, 3.8) is 0 Å². The van der Waals surface area contributed by atoms with Crippen LogP contribution in [0.3, 0.4) is 0 Å². The maximum atomic E-state index is 5.85. The van der Waals surface area contributed by atoms with Crippen LogP contribution in [0.2, 0.25) is 0 Å². The van der Waals surface area contributed by atoms with Crippen LogP contribution >= 0.6 is 0 Å². The molecule has 0 saturated carbocycles. The third kappa shape index (κ3) is 2.36. The molecule has 0 fully saturated rings. The summed E-state index contributed by atoms with van der Waals surface area (Å²) < 4.78 is 5.85. The monoisotopic (exact) mass is 225 g/mol. The van der Waals surface area contributed by atoms with Crippen LogP contribution in [0.4, 0.5) is 0 Å². The normalized spacial score (nSPS) is 22.4. The number of nitrogens with zero attached hydrogens (tertiary/aromatic N) is 1. The van der Waals surface area contributed by atoms with Crippen molar-refractivity contribution in [2.24, 2.45) is 0 Å². The van der Waals surface area contributed by atoms with E-state index in [9.17, 15) is 0 Å². The molecule has 0 spiro atoms. The zero-order chi connectivity index (χ0) is 12.3. The Bertz CT molecular complexity index is 268. The molecule has 1 rings (SSSR count). The van der Waals surface area contributed by atoms with E-state index in [-0.39, 0.29) is 5.54 Å². The second-order valence-corrected chi connectivity index (χ2v) is 5.27. The number of allylic oxidation sites excluding steroid dienone is 2. The molecule has 0 N–H and O–H groups in total. The Labute approximate surface area is 101 Å². The molecule has 16 heavy (non-hydrogen) atoms. The van der Waals surface area contributed by atoms with Crippen LogP contribution in [0.15, 0.2) is 11.5 Å². The van der Waals surface area contributed by atoms with Crippen LogP contribution in [-0.4, -0.2) is 23.1 Å². The summed E-state index contributed by atoms with van der Waals surface area (Å²) in [6.07, 6.45) is 3.24. The van der Waals surface area contributed by atoms with Gasteiger partial charge in [-0.25, -0.2) is 0 Å². The van der Waals surface area contributed by atoms with Gasteiger partial charge in [0, 0.05) is 12.0 Å². The topological polar surface area (TPSA) is 12.5 Å². The molecule has 0 saturated heterocycles. The average Bonchev–Trinajstić information content (AvgIpc) is 2.28. The van der Waals surface area contributed by atoms with E-state index in [1.807, 2.05) is 0 Å². The third-order valence-electron chi connectivity index (χ3n) is 3.73. The van der Waals surface area contributed by atoms with Crippen LogP contribution in [0.1, 0.15) is 60.8 Å². The molecule has 0 radical (unpaired) electrons. The first-order valence-corrected chi connectivity index (χ1v) is 6.62. The van der Waals surface area contributed by atoms with E-state index in [1.54, 1.807) is 0 Å². The predicted molar refractivity (Wildman–Crippen MR) is 69.2 cm³/mol. The van der Waals surface area contributed by atoms with E-state index in [2.05, 4.69) is 46.4 Å². The molecule has 0 amide bonds. The summed E-state index contributed by atoms with van der Waals surface area (Å²) in [6.45, 7) is 14.4. The lowest BCUT2D eigenvalue weighted by Gasteiger charge is -2.48. The van der Waals surface area contributed by atoms with Crippen molar-refractivity contribution >= 4 is 0 Å². The summed E-state index contributed by atoms with van der Waals surface area (Å²) in [5, 5.41) is 0. The third-order valence-corrected chi connectivity index (χ3v) is 3.73. The lowest BCUT2D eigenvalue weighted by Crippen LogP contribution is -2.51. The largest absolute Gasteiger partial charge is 0.494 e. The van der Waals surface area contributed by atoms with E-state index in [0.29, 0.717) is 6.04 Å². The molecule has 0 aromatic heterocycles. The highest BCUT2D eigenvalue weighted by Crippen LogP contribution is 2.34. The van der Waals surface area contributed by atoms with Crippen molar-refractivity contribution in [3.8, 4) is 0 Å². The van der Waals surface area contributed by atoms with E-state index in [1.165, 1.54) is 11.5 Å². The number of rotatable bonds is 4. The zero-order valence-electron chi connectivity index (χ0n) is 11.8. The van der Waals surface area contributed by atoms with Gasteiger partial charge in [-0.1, -0.05) is 20.8 Å². The van der Waals surface area contributed by atoms with Crippen molar-refractivity contribution in [1.29, 1.82) is 0 Å². The highest BCUT2D eigenvalue weighted by molar-refractivity contribution is 5.14. The first-order chi connectivity index (χ1) is 7.47. The Morgan fingerprint density at radius 3 is 2.31 bits per heavy atom. The Balaban J connectivity index is 3.10. The zero-order valence-corrected chi connectivity index (χ0v) is 11.8. The SMILES string of the molecule is CCC1=C(CC)N(C(C)(C)CC)[C@@H](C)CO1. The van der Waals surface area contributed by atoms with Crippen molar-refractivity contribution in [2.75, 3.05) is 6.61 Å². The standard InChI is InChI=1S/C14H27NO/c1-7-12-13(8-2)16-10-11(4)15(12)14(5,6)9-3/h11H,7-10H2,1-6H3/t11-/m0/s1. The van der Waals surface area contributed by atoms with Crippen LogP contribution in [0, 0.1) is 0 Å². The maximum absolute atomic E-state index is 5.85. The molecule has 0 aliphatic carbocycles. The minimum atomic E-state index is 0.231. The highest BCUT2D eigenvalue weighted by Gasteiger charge is 2.34. The number of ether oxygens (including phenoxy) is 1. The van der Waals surface area contributed by atoms with E-state index >= 15 is 0 Å². The van der Waals surface area contributed by atoms with Gasteiger partial charge < -0.3 is 9.64 Å². The van der Waals surface area contributed by atoms with Crippen LogP contribution in [-0.2, 0) is 4.74 Å². The fraction of sp³-hybridized carbons (Fsp3) is 0.857. The average molecular weight is 225 g/mol. The lowest BCUT2D eigenvalue weighted by atomic mass is 9.94. The molecule has 1 aliphatic rings. The molecule has 94 valence electrons. The molecule has 1 atom stereocenters. The summed E-state index contributed by atoms with van der Waals surface area (Å²) in [5.74, 6) is 1.20. The molecule has 0 aromatic rings. The molecule has 0 aromatic carbocycles. The molecular weight excluding hydrogens is 198 g/mol. The minimum Gasteiger partial charge on any atom is -0.494 e. The van der Waals surface area contributed by atoms with Gasteiger partial charge in [0.15, 0.2) is 0 Å². The molecular formula is C14H27NO. The summed E-state index contributed by atoms with van der Waals surface area (Å²) >= 11 is 0. The Hall–Kier alpha value is -0.660. The fourth-order valence-electron chi connectivity index (χ4n) is 2.59. The quantitative estimate of drug-likeness (QED) is 0.719. The Morgan fingerprint density at radius 1 is 1.25 bits per heavy atom. The van der Waals surface area contributed by atoms with Crippen molar-refractivity contribution in [2.45, 2.75) is 72.4 Å². The van der Waals surface area contributed by atoms with E-state index in [4.69, 9.17) is 4.74 Å². The summed E-state index contributed by atoms with van der Waals surface area (Å²) in [7, 11) is 0. The minimum absolute atomic E-state index is 0.231. The van der Waals surface area contributed by atoms with Gasteiger partial charge in [0.05, 0.1) is 11.7 Å². The molecule has 0 bridgehead atoms.